The molecule has 0 aliphatic heterocycles. The van der Waals surface area contributed by atoms with Gasteiger partial charge in [-0.2, -0.15) is 5.10 Å². The van der Waals surface area contributed by atoms with Crippen LogP contribution < -0.4 is 0 Å². The molecule has 3 nitrogen and oxygen atoms in total. The largest absolute Gasteiger partial charge is 0.289 e. The Bertz CT molecular complexity index is 550. The number of carbonyl (C=O) groups is 1. The van der Waals surface area contributed by atoms with Gasteiger partial charge in [0.25, 0.3) is 0 Å². The highest BCUT2D eigenvalue weighted by molar-refractivity contribution is 6.06. The van der Waals surface area contributed by atoms with Crippen molar-refractivity contribution in [3.63, 3.8) is 0 Å². The summed E-state index contributed by atoms with van der Waals surface area (Å²) in [5.74, 6) is 0.00574. The number of aromatic nitrogens is 2. The van der Waals surface area contributed by atoms with E-state index in [0.29, 0.717) is 5.56 Å². The summed E-state index contributed by atoms with van der Waals surface area (Å²) in [7, 11) is 1.84. The lowest BCUT2D eigenvalue weighted by Crippen LogP contribution is -1.96. The van der Waals surface area contributed by atoms with Gasteiger partial charge in [0, 0.05) is 18.8 Å². The molecule has 0 saturated heterocycles. The number of ketones is 1. The monoisotopic (exact) mass is 226 g/mol. The predicted octanol–water partition coefficient (Wildman–Crippen LogP) is 2.62. The number of hydrogen-bond acceptors (Lipinski definition) is 2. The van der Waals surface area contributed by atoms with E-state index in [0.717, 1.165) is 11.3 Å². The lowest BCUT2D eigenvalue weighted by molar-refractivity contribution is 0.104. The molecule has 0 amide bonds. The number of nitrogens with zero attached hydrogens (tertiary/aromatic N) is 2. The van der Waals surface area contributed by atoms with E-state index >= 15 is 0 Å². The van der Waals surface area contributed by atoms with Gasteiger partial charge in [-0.1, -0.05) is 29.8 Å². The summed E-state index contributed by atoms with van der Waals surface area (Å²) in [6.45, 7) is 2.00. The minimum Gasteiger partial charge on any atom is -0.289 e. The van der Waals surface area contributed by atoms with Crippen molar-refractivity contribution in [3.8, 4) is 0 Å². The Balaban J connectivity index is 2.14. The van der Waals surface area contributed by atoms with Crippen molar-refractivity contribution < 1.29 is 4.79 Å². The number of allylic oxidation sites excluding steroid dienone is 1. The second kappa shape index (κ2) is 4.78. The molecule has 0 aliphatic rings. The highest BCUT2D eigenvalue weighted by Crippen LogP contribution is 2.06. The van der Waals surface area contributed by atoms with E-state index in [4.69, 9.17) is 0 Å². The summed E-state index contributed by atoms with van der Waals surface area (Å²) >= 11 is 0. The molecular formula is C14H14N2O. The van der Waals surface area contributed by atoms with Gasteiger partial charge in [-0.3, -0.25) is 9.48 Å². The van der Waals surface area contributed by atoms with Gasteiger partial charge in [0.1, 0.15) is 0 Å². The first-order valence-corrected chi connectivity index (χ1v) is 5.44. The number of aryl methyl sites for hydroxylation is 2. The van der Waals surface area contributed by atoms with E-state index in [2.05, 4.69) is 5.10 Å². The maximum absolute atomic E-state index is 11.8. The number of benzene rings is 1. The van der Waals surface area contributed by atoms with Crippen LogP contribution in [0.3, 0.4) is 0 Å². The van der Waals surface area contributed by atoms with Crippen molar-refractivity contribution in [2.24, 2.45) is 7.05 Å². The van der Waals surface area contributed by atoms with Crippen LogP contribution >= 0.6 is 0 Å². The van der Waals surface area contributed by atoms with Gasteiger partial charge in [-0.05, 0) is 25.1 Å². The minimum atomic E-state index is 0.00574. The van der Waals surface area contributed by atoms with Crippen molar-refractivity contribution in [1.29, 1.82) is 0 Å². The zero-order chi connectivity index (χ0) is 12.3. The first-order valence-electron chi connectivity index (χ1n) is 5.44. The van der Waals surface area contributed by atoms with Crippen LogP contribution in [0.2, 0.25) is 0 Å². The molecule has 1 aromatic heterocycles. The molecule has 0 aliphatic carbocycles. The molecule has 0 unspecified atom stereocenters. The van der Waals surface area contributed by atoms with Crippen LogP contribution in [0.15, 0.2) is 42.6 Å². The normalized spacial score (nSPS) is 10.9. The smallest absolute Gasteiger partial charge is 0.185 e. The average molecular weight is 226 g/mol. The van der Waals surface area contributed by atoms with Crippen LogP contribution in [0.1, 0.15) is 21.6 Å². The third kappa shape index (κ3) is 2.69. The fourth-order valence-electron chi connectivity index (χ4n) is 1.52. The standard InChI is InChI=1S/C14H14N2O/c1-11-3-5-12(6-4-11)14(17)8-7-13-9-10-15-16(13)2/h3-10H,1-2H3/b8-7+. The van der Waals surface area contributed by atoms with E-state index in [1.807, 2.05) is 44.3 Å². The number of rotatable bonds is 3. The van der Waals surface area contributed by atoms with Crippen molar-refractivity contribution in [2.75, 3.05) is 0 Å². The molecule has 2 rings (SSSR count). The SMILES string of the molecule is Cc1ccc(C(=O)/C=C/c2ccnn2C)cc1. The van der Waals surface area contributed by atoms with Gasteiger partial charge >= 0.3 is 0 Å². The van der Waals surface area contributed by atoms with Gasteiger partial charge < -0.3 is 0 Å². The second-order valence-corrected chi connectivity index (χ2v) is 3.94. The fourth-order valence-corrected chi connectivity index (χ4v) is 1.52. The Hall–Kier alpha value is -2.16. The summed E-state index contributed by atoms with van der Waals surface area (Å²) < 4.78 is 1.72. The molecule has 2 aromatic rings. The summed E-state index contributed by atoms with van der Waals surface area (Å²) in [5, 5.41) is 4.03. The zero-order valence-corrected chi connectivity index (χ0v) is 9.92. The summed E-state index contributed by atoms with van der Waals surface area (Å²) in [6, 6.07) is 9.41. The predicted molar refractivity (Wildman–Crippen MR) is 67.8 cm³/mol. The van der Waals surface area contributed by atoms with Crippen molar-refractivity contribution in [3.05, 3.63) is 59.4 Å². The molecule has 0 bridgehead atoms. The zero-order valence-electron chi connectivity index (χ0n) is 9.92. The van der Waals surface area contributed by atoms with Crippen LogP contribution in [0, 0.1) is 6.92 Å². The van der Waals surface area contributed by atoms with Crippen molar-refractivity contribution >= 4 is 11.9 Å². The Labute approximate surface area is 100 Å². The molecular weight excluding hydrogens is 212 g/mol. The van der Waals surface area contributed by atoms with Crippen molar-refractivity contribution in [2.45, 2.75) is 6.92 Å². The lowest BCUT2D eigenvalue weighted by Gasteiger charge is -1.97. The second-order valence-electron chi connectivity index (χ2n) is 3.94. The van der Waals surface area contributed by atoms with Crippen LogP contribution in [0.4, 0.5) is 0 Å². The molecule has 0 N–H and O–H groups in total. The van der Waals surface area contributed by atoms with Crippen LogP contribution in [0.25, 0.3) is 6.08 Å². The summed E-state index contributed by atoms with van der Waals surface area (Å²) in [5.41, 5.74) is 2.76. The average Bonchev–Trinajstić information content (AvgIpc) is 2.73. The topological polar surface area (TPSA) is 34.9 Å². The fraction of sp³-hybridized carbons (Fsp3) is 0.143. The van der Waals surface area contributed by atoms with Crippen LogP contribution in [-0.4, -0.2) is 15.6 Å². The van der Waals surface area contributed by atoms with E-state index in [-0.39, 0.29) is 5.78 Å². The van der Waals surface area contributed by atoms with Gasteiger partial charge in [-0.15, -0.1) is 0 Å². The maximum atomic E-state index is 11.8. The first-order chi connectivity index (χ1) is 8.16. The van der Waals surface area contributed by atoms with Gasteiger partial charge in [-0.25, -0.2) is 0 Å². The van der Waals surface area contributed by atoms with E-state index in [1.54, 1.807) is 23.0 Å². The van der Waals surface area contributed by atoms with Gasteiger partial charge in [0.2, 0.25) is 0 Å². The molecule has 3 heteroatoms. The molecule has 0 atom stereocenters. The van der Waals surface area contributed by atoms with E-state index in [9.17, 15) is 4.79 Å². The Morgan fingerprint density at radius 3 is 2.53 bits per heavy atom. The molecule has 0 saturated carbocycles. The molecule has 1 heterocycles. The third-order valence-corrected chi connectivity index (χ3v) is 2.60. The van der Waals surface area contributed by atoms with Crippen LogP contribution in [0.5, 0.6) is 0 Å². The molecule has 1 aromatic carbocycles. The van der Waals surface area contributed by atoms with Crippen LogP contribution in [-0.2, 0) is 7.05 Å². The molecule has 86 valence electrons. The third-order valence-electron chi connectivity index (χ3n) is 2.60. The quantitative estimate of drug-likeness (QED) is 0.595. The van der Waals surface area contributed by atoms with Gasteiger partial charge in [0.05, 0.1) is 5.69 Å². The summed E-state index contributed by atoms with van der Waals surface area (Å²) in [6.07, 6.45) is 5.05. The molecule has 0 spiro atoms. The molecule has 17 heavy (non-hydrogen) atoms. The summed E-state index contributed by atoms with van der Waals surface area (Å²) in [4.78, 5) is 11.8. The first kappa shape index (κ1) is 11.3. The van der Waals surface area contributed by atoms with Crippen molar-refractivity contribution in [1.82, 2.24) is 9.78 Å². The van der Waals surface area contributed by atoms with E-state index < -0.39 is 0 Å². The highest BCUT2D eigenvalue weighted by atomic mass is 16.1. The Kier molecular flexibility index (Phi) is 3.19. The Morgan fingerprint density at radius 2 is 1.94 bits per heavy atom. The Morgan fingerprint density at radius 1 is 1.24 bits per heavy atom. The molecule has 0 radical (unpaired) electrons. The van der Waals surface area contributed by atoms with E-state index in [1.165, 1.54) is 0 Å². The minimum absolute atomic E-state index is 0.00574. The lowest BCUT2D eigenvalue weighted by atomic mass is 10.1. The number of hydrogen-bond donors (Lipinski definition) is 0. The number of carbonyl (C=O) groups excluding carboxylic acids is 1. The molecule has 0 fully saturated rings. The maximum Gasteiger partial charge on any atom is 0.185 e. The highest BCUT2D eigenvalue weighted by Gasteiger charge is 2.01. The van der Waals surface area contributed by atoms with Gasteiger partial charge in [0.15, 0.2) is 5.78 Å².